The molecule has 2 N–H and O–H groups in total. The zero-order chi connectivity index (χ0) is 13.7. The molecule has 108 valence electrons. The number of nitrogens with zero attached hydrogens (tertiary/aromatic N) is 1. The van der Waals surface area contributed by atoms with E-state index in [4.69, 9.17) is 11.6 Å². The van der Waals surface area contributed by atoms with Crippen molar-refractivity contribution in [3.63, 3.8) is 0 Å². The molecular weight excluding hydrogens is 282 g/mol. The average molecular weight is 304 g/mol. The summed E-state index contributed by atoms with van der Waals surface area (Å²) in [5, 5.41) is 4.06. The van der Waals surface area contributed by atoms with Gasteiger partial charge in [-0.2, -0.15) is 0 Å². The van der Waals surface area contributed by atoms with Crippen molar-refractivity contribution in [3.05, 3.63) is 16.7 Å². The molecule has 0 bridgehead atoms. The van der Waals surface area contributed by atoms with Gasteiger partial charge in [0.2, 0.25) is 0 Å². The van der Waals surface area contributed by atoms with Crippen LogP contribution in [0.25, 0.3) is 0 Å². The largest absolute Gasteiger partial charge is 0.344 e. The smallest absolute Gasteiger partial charge is 0.151 e. The third-order valence-electron chi connectivity index (χ3n) is 3.50. The van der Waals surface area contributed by atoms with Crippen LogP contribution in [0.2, 0.25) is 5.15 Å². The molecular formula is C13H22ClN3OS. The van der Waals surface area contributed by atoms with E-state index in [9.17, 15) is 4.21 Å². The lowest BCUT2D eigenvalue weighted by atomic mass is 10.1. The maximum atomic E-state index is 11.3. The van der Waals surface area contributed by atoms with E-state index in [0.717, 1.165) is 61.7 Å². The summed E-state index contributed by atoms with van der Waals surface area (Å²) < 4.78 is 11.3. The van der Waals surface area contributed by atoms with Gasteiger partial charge in [0.1, 0.15) is 5.82 Å². The van der Waals surface area contributed by atoms with Gasteiger partial charge in [-0.25, -0.2) is 4.98 Å². The Labute approximate surface area is 122 Å². The van der Waals surface area contributed by atoms with Crippen LogP contribution in [0.4, 0.5) is 0 Å². The van der Waals surface area contributed by atoms with Crippen molar-refractivity contribution in [1.29, 1.82) is 0 Å². The molecule has 1 aromatic rings. The Morgan fingerprint density at radius 1 is 1.47 bits per heavy atom. The molecule has 0 unspecified atom stereocenters. The molecule has 19 heavy (non-hydrogen) atoms. The predicted molar refractivity (Wildman–Crippen MR) is 79.9 cm³/mol. The van der Waals surface area contributed by atoms with Gasteiger partial charge in [-0.3, -0.25) is 4.21 Å². The number of hydrogen-bond acceptors (Lipinski definition) is 3. The molecule has 0 saturated carbocycles. The second kappa shape index (κ2) is 7.41. The fourth-order valence-electron chi connectivity index (χ4n) is 2.26. The van der Waals surface area contributed by atoms with Crippen LogP contribution in [0.15, 0.2) is 0 Å². The van der Waals surface area contributed by atoms with Crippen LogP contribution >= 0.6 is 11.6 Å². The van der Waals surface area contributed by atoms with Crippen molar-refractivity contribution in [2.45, 2.75) is 51.6 Å². The van der Waals surface area contributed by atoms with Gasteiger partial charge in [0, 0.05) is 41.3 Å². The number of halogens is 1. The van der Waals surface area contributed by atoms with Crippen LogP contribution in [-0.2, 0) is 23.8 Å². The van der Waals surface area contributed by atoms with Crippen LogP contribution in [0.1, 0.15) is 44.1 Å². The van der Waals surface area contributed by atoms with Crippen molar-refractivity contribution < 1.29 is 4.21 Å². The monoisotopic (exact) mass is 303 g/mol. The maximum absolute atomic E-state index is 11.3. The van der Waals surface area contributed by atoms with Crippen molar-refractivity contribution in [1.82, 2.24) is 15.3 Å². The number of hydrogen-bond donors (Lipinski definition) is 2. The molecule has 1 aromatic heterocycles. The Hall–Kier alpha value is -0.390. The van der Waals surface area contributed by atoms with Crippen LogP contribution in [0, 0.1) is 0 Å². The van der Waals surface area contributed by atoms with E-state index >= 15 is 0 Å². The zero-order valence-electron chi connectivity index (χ0n) is 11.4. The first kappa shape index (κ1) is 15.0. The fraction of sp³-hybridized carbons (Fsp3) is 0.769. The maximum Gasteiger partial charge on any atom is 0.151 e. The Morgan fingerprint density at radius 3 is 2.89 bits per heavy atom. The summed E-state index contributed by atoms with van der Waals surface area (Å²) in [4.78, 5) is 7.64. The molecule has 0 aromatic carbocycles. The Balaban J connectivity index is 1.82. The van der Waals surface area contributed by atoms with Crippen LogP contribution in [0.3, 0.4) is 0 Å². The molecule has 1 fully saturated rings. The van der Waals surface area contributed by atoms with Crippen molar-refractivity contribution >= 4 is 22.4 Å². The molecule has 1 aliphatic rings. The minimum atomic E-state index is -0.599. The summed E-state index contributed by atoms with van der Waals surface area (Å²) in [5.41, 5.74) is 0.972. The quantitative estimate of drug-likeness (QED) is 0.848. The fourth-order valence-corrected chi connectivity index (χ4v) is 3.78. The number of rotatable bonds is 6. The van der Waals surface area contributed by atoms with Gasteiger partial charge < -0.3 is 10.3 Å². The molecule has 0 spiro atoms. The normalized spacial score (nSPS) is 23.7. The summed E-state index contributed by atoms with van der Waals surface area (Å²) in [6, 6.07) is 0.455. The SMILES string of the molecule is CCCCc1nc(Cl)c(CNC2CCS(=O)CC2)[nH]1. The molecule has 1 saturated heterocycles. The number of H-pyrrole nitrogens is 1. The highest BCUT2D eigenvalue weighted by Crippen LogP contribution is 2.15. The number of aryl methyl sites for hydroxylation is 1. The van der Waals surface area contributed by atoms with E-state index in [-0.39, 0.29) is 0 Å². The van der Waals surface area contributed by atoms with E-state index in [1.807, 2.05) is 0 Å². The minimum Gasteiger partial charge on any atom is -0.344 e. The van der Waals surface area contributed by atoms with Gasteiger partial charge in [-0.1, -0.05) is 24.9 Å². The van der Waals surface area contributed by atoms with Gasteiger partial charge in [0.25, 0.3) is 0 Å². The molecule has 0 amide bonds. The molecule has 0 radical (unpaired) electrons. The van der Waals surface area contributed by atoms with E-state index in [1.165, 1.54) is 0 Å². The zero-order valence-corrected chi connectivity index (χ0v) is 12.9. The summed E-state index contributed by atoms with van der Waals surface area (Å²) in [7, 11) is -0.599. The van der Waals surface area contributed by atoms with Gasteiger partial charge in [-0.05, 0) is 19.3 Å². The Kier molecular flexibility index (Phi) is 5.85. The lowest BCUT2D eigenvalue weighted by Gasteiger charge is -2.22. The molecule has 0 atom stereocenters. The minimum absolute atomic E-state index is 0.455. The van der Waals surface area contributed by atoms with Gasteiger partial charge >= 0.3 is 0 Å². The third-order valence-corrected chi connectivity index (χ3v) is 5.19. The third kappa shape index (κ3) is 4.58. The molecule has 0 aliphatic carbocycles. The predicted octanol–water partition coefficient (Wildman–Crippen LogP) is 2.41. The van der Waals surface area contributed by atoms with Crippen molar-refractivity contribution in [3.8, 4) is 0 Å². The van der Waals surface area contributed by atoms with Crippen LogP contribution < -0.4 is 5.32 Å². The first-order valence-electron chi connectivity index (χ1n) is 7.00. The topological polar surface area (TPSA) is 57.8 Å². The average Bonchev–Trinajstić information content (AvgIpc) is 2.76. The number of aromatic amines is 1. The second-order valence-electron chi connectivity index (χ2n) is 5.06. The van der Waals surface area contributed by atoms with E-state index in [1.54, 1.807) is 0 Å². The number of imidazole rings is 1. The molecule has 2 heterocycles. The second-order valence-corrected chi connectivity index (χ2v) is 7.11. The highest BCUT2D eigenvalue weighted by atomic mass is 35.5. The number of aromatic nitrogens is 2. The number of unbranched alkanes of at least 4 members (excludes halogenated alkanes) is 1. The summed E-state index contributed by atoms with van der Waals surface area (Å²) >= 11 is 6.13. The molecule has 6 heteroatoms. The Morgan fingerprint density at radius 2 is 2.21 bits per heavy atom. The van der Waals surface area contributed by atoms with Gasteiger partial charge in [0.15, 0.2) is 5.15 Å². The first-order chi connectivity index (χ1) is 9.19. The van der Waals surface area contributed by atoms with Gasteiger partial charge in [-0.15, -0.1) is 0 Å². The summed E-state index contributed by atoms with van der Waals surface area (Å²) in [6.45, 7) is 2.88. The number of nitrogens with one attached hydrogen (secondary N) is 2. The molecule has 2 rings (SSSR count). The van der Waals surface area contributed by atoms with E-state index < -0.39 is 10.8 Å². The lowest BCUT2D eigenvalue weighted by Crippen LogP contribution is -2.35. The van der Waals surface area contributed by atoms with E-state index in [0.29, 0.717) is 11.2 Å². The summed E-state index contributed by atoms with van der Waals surface area (Å²) in [5.74, 6) is 2.61. The first-order valence-corrected chi connectivity index (χ1v) is 8.87. The van der Waals surface area contributed by atoms with Crippen LogP contribution in [0.5, 0.6) is 0 Å². The van der Waals surface area contributed by atoms with Crippen LogP contribution in [-0.4, -0.2) is 31.7 Å². The van der Waals surface area contributed by atoms with E-state index in [2.05, 4.69) is 22.2 Å². The van der Waals surface area contributed by atoms with Crippen molar-refractivity contribution in [2.75, 3.05) is 11.5 Å². The highest BCUT2D eigenvalue weighted by Gasteiger charge is 2.18. The standard InChI is InChI=1S/C13H22ClN3OS/c1-2-3-4-12-16-11(13(14)17-12)9-15-10-5-7-19(18)8-6-10/h10,15H,2-9H2,1H3,(H,16,17). The van der Waals surface area contributed by atoms with Gasteiger partial charge in [0.05, 0.1) is 5.69 Å². The molecule has 1 aliphatic heterocycles. The Bertz CT molecular complexity index is 426. The van der Waals surface area contributed by atoms with Crippen molar-refractivity contribution in [2.24, 2.45) is 0 Å². The molecule has 4 nitrogen and oxygen atoms in total. The lowest BCUT2D eigenvalue weighted by molar-refractivity contribution is 0.472. The highest BCUT2D eigenvalue weighted by molar-refractivity contribution is 7.85. The summed E-state index contributed by atoms with van der Waals surface area (Å²) in [6.07, 6.45) is 5.22.